The van der Waals surface area contributed by atoms with E-state index in [9.17, 15) is 14.4 Å². The Hall–Kier alpha value is -4.19. The number of ether oxygens (including phenoxy) is 1. The Morgan fingerprint density at radius 3 is 2.21 bits per heavy atom. The number of hydrogen-bond acceptors (Lipinski definition) is 4. The first-order valence-corrected chi connectivity index (χ1v) is 10.6. The summed E-state index contributed by atoms with van der Waals surface area (Å²) in [6.45, 7) is 6.32. The third kappa shape index (κ3) is 4.85. The summed E-state index contributed by atoms with van der Waals surface area (Å²) in [5, 5.41) is 2.25. The van der Waals surface area contributed by atoms with Crippen molar-refractivity contribution < 1.29 is 19.1 Å². The number of anilines is 1. The number of rotatable bonds is 5. The molecule has 0 radical (unpaired) electrons. The van der Waals surface area contributed by atoms with Crippen molar-refractivity contribution in [1.82, 2.24) is 5.32 Å². The molecule has 0 aliphatic carbocycles. The van der Waals surface area contributed by atoms with Crippen molar-refractivity contribution in [2.45, 2.75) is 27.4 Å². The molecule has 4 rings (SSSR count). The van der Waals surface area contributed by atoms with Gasteiger partial charge in [-0.25, -0.2) is 9.69 Å². The highest BCUT2D eigenvalue weighted by molar-refractivity contribution is 6.39. The van der Waals surface area contributed by atoms with Gasteiger partial charge in [0.25, 0.3) is 11.8 Å². The fourth-order valence-electron chi connectivity index (χ4n) is 3.43. The van der Waals surface area contributed by atoms with Crippen LogP contribution >= 0.6 is 0 Å². The van der Waals surface area contributed by atoms with Crippen LogP contribution in [0.15, 0.2) is 72.3 Å². The van der Waals surface area contributed by atoms with Gasteiger partial charge in [-0.15, -0.1) is 0 Å². The first-order chi connectivity index (χ1) is 15.8. The van der Waals surface area contributed by atoms with Crippen molar-refractivity contribution in [3.05, 3.63) is 100 Å². The molecule has 6 heteroatoms. The lowest BCUT2D eigenvalue weighted by Crippen LogP contribution is -2.54. The number of benzene rings is 3. The molecule has 0 unspecified atom stereocenters. The number of aryl methyl sites for hydroxylation is 3. The maximum Gasteiger partial charge on any atom is 0.335 e. The molecule has 1 aliphatic rings. The van der Waals surface area contributed by atoms with Gasteiger partial charge in [-0.2, -0.15) is 0 Å². The van der Waals surface area contributed by atoms with Crippen LogP contribution in [-0.4, -0.2) is 17.8 Å². The van der Waals surface area contributed by atoms with Crippen molar-refractivity contribution >= 4 is 29.6 Å². The Morgan fingerprint density at radius 1 is 0.848 bits per heavy atom. The molecule has 6 nitrogen and oxygen atoms in total. The van der Waals surface area contributed by atoms with E-state index in [1.165, 1.54) is 11.6 Å². The van der Waals surface area contributed by atoms with Crippen LogP contribution in [0.5, 0.6) is 5.75 Å². The third-order valence-corrected chi connectivity index (χ3v) is 5.57. The highest BCUT2D eigenvalue weighted by Crippen LogP contribution is 2.24. The van der Waals surface area contributed by atoms with Gasteiger partial charge in [-0.05, 0) is 73.4 Å². The van der Waals surface area contributed by atoms with Gasteiger partial charge in [0.15, 0.2) is 0 Å². The number of urea groups is 1. The van der Waals surface area contributed by atoms with Crippen LogP contribution in [0.25, 0.3) is 6.08 Å². The molecular formula is C27H24N2O4. The molecule has 1 aliphatic heterocycles. The molecule has 33 heavy (non-hydrogen) atoms. The molecule has 0 spiro atoms. The van der Waals surface area contributed by atoms with Gasteiger partial charge in [0, 0.05) is 0 Å². The van der Waals surface area contributed by atoms with E-state index in [0.29, 0.717) is 23.6 Å². The standard InChI is InChI=1S/C27H24N2O4/c1-17-4-7-21(8-5-17)16-33-23-12-9-20(10-13-23)15-24-25(30)28-27(32)29(26(24)31)22-11-6-18(2)19(3)14-22/h4-15H,16H2,1-3H3,(H,28,30,32)/b24-15+. The maximum absolute atomic E-state index is 13.0. The first kappa shape index (κ1) is 22.0. The fourth-order valence-corrected chi connectivity index (χ4v) is 3.43. The predicted octanol–water partition coefficient (Wildman–Crippen LogP) is 4.86. The van der Waals surface area contributed by atoms with E-state index < -0.39 is 17.8 Å². The number of carbonyl (C=O) groups is 3. The van der Waals surface area contributed by atoms with Crippen LogP contribution in [0.1, 0.15) is 27.8 Å². The number of carbonyl (C=O) groups excluding carboxylic acids is 3. The van der Waals surface area contributed by atoms with Gasteiger partial charge in [-0.3, -0.25) is 14.9 Å². The Morgan fingerprint density at radius 2 is 1.55 bits per heavy atom. The zero-order valence-corrected chi connectivity index (χ0v) is 18.7. The average Bonchev–Trinajstić information content (AvgIpc) is 2.79. The Balaban J connectivity index is 1.52. The summed E-state index contributed by atoms with van der Waals surface area (Å²) >= 11 is 0. The van der Waals surface area contributed by atoms with E-state index in [-0.39, 0.29) is 5.57 Å². The highest BCUT2D eigenvalue weighted by Gasteiger charge is 2.36. The van der Waals surface area contributed by atoms with Crippen molar-refractivity contribution in [2.24, 2.45) is 0 Å². The maximum atomic E-state index is 13.0. The Kier molecular flexibility index (Phi) is 6.09. The summed E-state index contributed by atoms with van der Waals surface area (Å²) in [6, 6.07) is 19.7. The molecule has 0 bridgehead atoms. The summed E-state index contributed by atoms with van der Waals surface area (Å²) in [5.74, 6) is -0.708. The quantitative estimate of drug-likeness (QED) is 0.454. The van der Waals surface area contributed by atoms with Crippen LogP contribution in [0.4, 0.5) is 10.5 Å². The van der Waals surface area contributed by atoms with Crippen molar-refractivity contribution in [1.29, 1.82) is 0 Å². The molecule has 4 amide bonds. The second kappa shape index (κ2) is 9.12. The smallest absolute Gasteiger partial charge is 0.335 e. The number of amides is 4. The van der Waals surface area contributed by atoms with Gasteiger partial charge in [0.2, 0.25) is 0 Å². The Labute approximate surface area is 192 Å². The van der Waals surface area contributed by atoms with E-state index in [4.69, 9.17) is 4.74 Å². The molecule has 1 saturated heterocycles. The summed E-state index contributed by atoms with van der Waals surface area (Å²) in [4.78, 5) is 38.8. The summed E-state index contributed by atoms with van der Waals surface area (Å²) < 4.78 is 5.81. The zero-order chi connectivity index (χ0) is 23.5. The molecule has 3 aromatic rings. The monoisotopic (exact) mass is 440 g/mol. The minimum absolute atomic E-state index is 0.110. The van der Waals surface area contributed by atoms with Crippen molar-refractivity contribution in [3.8, 4) is 5.75 Å². The number of imide groups is 2. The molecular weight excluding hydrogens is 416 g/mol. The van der Waals surface area contributed by atoms with Crippen LogP contribution < -0.4 is 15.0 Å². The lowest BCUT2D eigenvalue weighted by Gasteiger charge is -2.26. The average molecular weight is 440 g/mol. The normalized spacial score (nSPS) is 15.1. The minimum Gasteiger partial charge on any atom is -0.489 e. The lowest BCUT2D eigenvalue weighted by molar-refractivity contribution is -0.122. The largest absolute Gasteiger partial charge is 0.489 e. The van der Waals surface area contributed by atoms with Gasteiger partial charge in [-0.1, -0.05) is 48.0 Å². The van der Waals surface area contributed by atoms with E-state index in [1.54, 1.807) is 36.4 Å². The van der Waals surface area contributed by atoms with Crippen LogP contribution in [0, 0.1) is 20.8 Å². The number of hydrogen-bond donors (Lipinski definition) is 1. The van der Waals surface area contributed by atoms with E-state index in [1.807, 2.05) is 51.1 Å². The summed E-state index contributed by atoms with van der Waals surface area (Å²) in [7, 11) is 0. The van der Waals surface area contributed by atoms with E-state index in [0.717, 1.165) is 21.6 Å². The van der Waals surface area contributed by atoms with Gasteiger partial charge in [0.1, 0.15) is 17.9 Å². The topological polar surface area (TPSA) is 75.7 Å². The molecule has 1 fully saturated rings. The second-order valence-electron chi connectivity index (χ2n) is 8.07. The van der Waals surface area contributed by atoms with E-state index in [2.05, 4.69) is 5.32 Å². The second-order valence-corrected chi connectivity index (χ2v) is 8.07. The molecule has 0 aromatic heterocycles. The number of barbiturate groups is 1. The van der Waals surface area contributed by atoms with Crippen molar-refractivity contribution in [3.63, 3.8) is 0 Å². The Bertz CT molecular complexity index is 1260. The van der Waals surface area contributed by atoms with E-state index >= 15 is 0 Å². The number of nitrogens with zero attached hydrogens (tertiary/aromatic N) is 1. The summed E-state index contributed by atoms with van der Waals surface area (Å²) in [6.07, 6.45) is 1.47. The molecule has 3 aromatic carbocycles. The van der Waals surface area contributed by atoms with Crippen LogP contribution in [0.3, 0.4) is 0 Å². The van der Waals surface area contributed by atoms with Crippen LogP contribution in [-0.2, 0) is 16.2 Å². The zero-order valence-electron chi connectivity index (χ0n) is 18.7. The molecule has 1 N–H and O–H groups in total. The predicted molar refractivity (Wildman–Crippen MR) is 127 cm³/mol. The lowest BCUT2D eigenvalue weighted by atomic mass is 10.1. The molecule has 0 saturated carbocycles. The number of nitrogens with one attached hydrogen (secondary N) is 1. The molecule has 1 heterocycles. The van der Waals surface area contributed by atoms with Crippen LogP contribution in [0.2, 0.25) is 0 Å². The van der Waals surface area contributed by atoms with Gasteiger partial charge >= 0.3 is 6.03 Å². The minimum atomic E-state index is -0.759. The highest BCUT2D eigenvalue weighted by atomic mass is 16.5. The first-order valence-electron chi connectivity index (χ1n) is 10.6. The third-order valence-electron chi connectivity index (χ3n) is 5.57. The summed E-state index contributed by atoms with van der Waals surface area (Å²) in [5.41, 5.74) is 5.19. The molecule has 166 valence electrons. The van der Waals surface area contributed by atoms with Gasteiger partial charge < -0.3 is 4.74 Å². The fraction of sp³-hybridized carbons (Fsp3) is 0.148. The molecule has 0 atom stereocenters. The SMILES string of the molecule is Cc1ccc(COc2ccc(/C=C3\C(=O)NC(=O)N(c4ccc(C)c(C)c4)C3=O)cc2)cc1. The van der Waals surface area contributed by atoms with Crippen molar-refractivity contribution in [2.75, 3.05) is 4.90 Å². The van der Waals surface area contributed by atoms with Gasteiger partial charge in [0.05, 0.1) is 5.69 Å².